The van der Waals surface area contributed by atoms with Crippen LogP contribution in [0.3, 0.4) is 0 Å². The fourth-order valence-electron chi connectivity index (χ4n) is 9.39. The Kier molecular flexibility index (Phi) is 12.3. The molecule has 13 atom stereocenters. The number of pyridine rings is 1. The van der Waals surface area contributed by atoms with Crippen molar-refractivity contribution in [3.05, 3.63) is 29.6 Å². The molecule has 0 amide bonds. The van der Waals surface area contributed by atoms with E-state index in [-0.39, 0.29) is 11.3 Å². The molecule has 1 aromatic heterocycles. The molecule has 1 aromatic rings. The molecule has 2 aliphatic heterocycles. The highest BCUT2D eigenvalue weighted by atomic mass is 16.7. The lowest BCUT2D eigenvalue weighted by Crippen LogP contribution is -2.89. The van der Waals surface area contributed by atoms with Gasteiger partial charge in [-0.2, -0.15) is 0 Å². The van der Waals surface area contributed by atoms with Gasteiger partial charge in [0.1, 0.15) is 42.0 Å². The van der Waals surface area contributed by atoms with Crippen molar-refractivity contribution < 1.29 is 86.1 Å². The molecule has 4 bridgehead atoms. The summed E-state index contributed by atoms with van der Waals surface area (Å²) in [5, 5.41) is 13.5. The third kappa shape index (κ3) is 7.40. The Bertz CT molecular complexity index is 1910. The van der Waals surface area contributed by atoms with Crippen LogP contribution in [-0.4, -0.2) is 124 Å². The number of esters is 8. The predicted molar refractivity (Wildman–Crippen MR) is 194 cm³/mol. The molecule has 1 spiro atoms. The molecule has 324 valence electrons. The van der Waals surface area contributed by atoms with Crippen LogP contribution in [-0.2, 0) is 76.2 Å². The lowest BCUT2D eigenvalue weighted by molar-refractivity contribution is -0.387. The molecule has 19 heteroatoms. The van der Waals surface area contributed by atoms with Crippen molar-refractivity contribution >= 4 is 47.8 Å². The van der Waals surface area contributed by atoms with Crippen molar-refractivity contribution in [1.29, 1.82) is 0 Å². The highest BCUT2D eigenvalue weighted by molar-refractivity contribution is 5.91. The highest BCUT2D eigenvalue weighted by Gasteiger charge is 2.92. The predicted octanol–water partition coefficient (Wildman–Crippen LogP) is 1.67. The van der Waals surface area contributed by atoms with Gasteiger partial charge < -0.3 is 47.7 Å². The zero-order valence-electron chi connectivity index (χ0n) is 34.8. The maximum absolute atomic E-state index is 14.4. The Balaban J connectivity index is 2.02. The molecule has 2 aliphatic carbocycles. The van der Waals surface area contributed by atoms with Crippen LogP contribution in [0.15, 0.2) is 18.3 Å². The zero-order chi connectivity index (χ0) is 44.2. The van der Waals surface area contributed by atoms with Crippen LogP contribution < -0.4 is 0 Å². The number of aliphatic hydroxyl groups is 1. The number of nitrogens with zero attached hydrogens (tertiary/aromatic N) is 1. The van der Waals surface area contributed by atoms with Crippen molar-refractivity contribution in [3.63, 3.8) is 0 Å². The van der Waals surface area contributed by atoms with Crippen LogP contribution in [0.1, 0.15) is 98.1 Å². The van der Waals surface area contributed by atoms with Gasteiger partial charge in [-0.25, -0.2) is 4.79 Å². The fourth-order valence-corrected chi connectivity index (χ4v) is 9.39. The van der Waals surface area contributed by atoms with E-state index in [2.05, 4.69) is 4.98 Å². The average molecular weight is 834 g/mol. The zero-order valence-corrected chi connectivity index (χ0v) is 34.8. The van der Waals surface area contributed by atoms with Gasteiger partial charge in [-0.1, -0.05) is 27.7 Å². The summed E-state index contributed by atoms with van der Waals surface area (Å²) in [5.41, 5.74) is -10.1. The number of cyclic esters (lactones) is 1. The van der Waals surface area contributed by atoms with Gasteiger partial charge in [-0.05, 0) is 26.0 Å². The summed E-state index contributed by atoms with van der Waals surface area (Å²) in [5.74, 6) is -12.4. The minimum Gasteiger partial charge on any atom is -0.464 e. The van der Waals surface area contributed by atoms with Crippen molar-refractivity contribution in [1.82, 2.24) is 4.98 Å². The van der Waals surface area contributed by atoms with Crippen LogP contribution >= 0.6 is 0 Å². The molecule has 3 fully saturated rings. The standard InChI is InChI=1S/C40H51NO18/c1-17(2)34(47)52-16-39-32(56-23(8)45)28(53-20(5)42)26-30(55-22(7)44)40(39)38(11,50)31(29(54-21(6)43)33(39)57-24(9)46)58-35(48)19(4)18(3)27-25(13-12-14-41-27)36(49)51-15-37(26,10)59-40/h12-14,17-19,26,28-33,50H,15-16H2,1-11H3/t18-,19-,26+,28-,29-,30+,31-,32-,33-,37-,38-,39+,40-/m0/s1. The molecule has 0 radical (unpaired) electrons. The highest BCUT2D eigenvalue weighted by Crippen LogP contribution is 2.70. The third-order valence-electron chi connectivity index (χ3n) is 11.8. The summed E-state index contributed by atoms with van der Waals surface area (Å²) in [7, 11) is 0. The van der Waals surface area contributed by atoms with Crippen LogP contribution in [0.5, 0.6) is 0 Å². The smallest absolute Gasteiger partial charge is 0.340 e. The second-order valence-electron chi connectivity index (χ2n) is 16.3. The first-order valence-electron chi connectivity index (χ1n) is 19.2. The Morgan fingerprint density at radius 2 is 1.34 bits per heavy atom. The molecule has 1 saturated heterocycles. The van der Waals surface area contributed by atoms with Gasteiger partial charge in [0.25, 0.3) is 0 Å². The summed E-state index contributed by atoms with van der Waals surface area (Å²) >= 11 is 0. The maximum atomic E-state index is 14.4. The topological polar surface area (TPSA) is 253 Å². The van der Waals surface area contributed by atoms with E-state index in [1.807, 2.05) is 0 Å². The number of hydrogen-bond acceptors (Lipinski definition) is 19. The number of hydrogen-bond donors (Lipinski definition) is 1. The maximum Gasteiger partial charge on any atom is 0.340 e. The van der Waals surface area contributed by atoms with E-state index in [1.54, 1.807) is 6.92 Å². The van der Waals surface area contributed by atoms with Crippen LogP contribution in [0.2, 0.25) is 0 Å². The second-order valence-corrected chi connectivity index (χ2v) is 16.3. The number of carbonyl (C=O) groups excluding carboxylic acids is 8. The van der Waals surface area contributed by atoms with Crippen LogP contribution in [0, 0.1) is 23.2 Å². The molecule has 0 unspecified atom stereocenters. The van der Waals surface area contributed by atoms with E-state index in [0.717, 1.165) is 41.5 Å². The normalized spacial score (nSPS) is 37.4. The minimum absolute atomic E-state index is 0.0415. The van der Waals surface area contributed by atoms with Gasteiger partial charge in [-0.3, -0.25) is 38.5 Å². The van der Waals surface area contributed by atoms with Gasteiger partial charge in [-0.15, -0.1) is 0 Å². The molecule has 5 rings (SSSR count). The van der Waals surface area contributed by atoms with Gasteiger partial charge >= 0.3 is 47.8 Å². The Hall–Kier alpha value is -5.17. The SMILES string of the molecule is CC(=O)O[C@@H]1[C@H](OC(C)=O)[C@@]2(COC(=O)C(C)C)[C@@H](OC(C)=O)[C@@H](OC(C)=O)[C@@H]3[C@@H](OC(C)=O)[C@@]24O[C@@]3(C)COC(=O)c2cccnc2[C@@H](C)[C@H](C)C(=O)O[C@@H]1[C@]4(C)O. The molecule has 59 heavy (non-hydrogen) atoms. The summed E-state index contributed by atoms with van der Waals surface area (Å²) < 4.78 is 54.9. The molecule has 1 N–H and O–H groups in total. The van der Waals surface area contributed by atoms with E-state index >= 15 is 0 Å². The quantitative estimate of drug-likeness (QED) is 0.289. The molecule has 4 aliphatic rings. The molecule has 2 saturated carbocycles. The first-order valence-corrected chi connectivity index (χ1v) is 19.2. The molecule has 0 aromatic carbocycles. The lowest BCUT2D eigenvalue weighted by Gasteiger charge is -2.67. The molecular weight excluding hydrogens is 782 g/mol. The van der Waals surface area contributed by atoms with Crippen molar-refractivity contribution in [2.45, 2.75) is 136 Å². The van der Waals surface area contributed by atoms with Gasteiger partial charge in [0, 0.05) is 46.7 Å². The summed E-state index contributed by atoms with van der Waals surface area (Å²) in [4.78, 5) is 113. The van der Waals surface area contributed by atoms with E-state index < -0.39 is 143 Å². The molecular formula is C40H51NO18. The van der Waals surface area contributed by atoms with E-state index in [1.165, 1.54) is 46.0 Å². The van der Waals surface area contributed by atoms with E-state index in [9.17, 15) is 43.5 Å². The Morgan fingerprint density at radius 1 is 0.814 bits per heavy atom. The first kappa shape index (κ1) is 44.9. The third-order valence-corrected chi connectivity index (χ3v) is 11.8. The lowest BCUT2D eigenvalue weighted by atomic mass is 9.45. The van der Waals surface area contributed by atoms with E-state index in [0.29, 0.717) is 0 Å². The monoisotopic (exact) mass is 833 g/mol. The Labute approximate surface area is 340 Å². The van der Waals surface area contributed by atoms with E-state index in [4.69, 9.17) is 42.6 Å². The molecule has 19 nitrogen and oxygen atoms in total. The summed E-state index contributed by atoms with van der Waals surface area (Å²) in [6.45, 7) is 11.7. The largest absolute Gasteiger partial charge is 0.464 e. The average Bonchev–Trinajstić information content (AvgIpc) is 3.35. The summed E-state index contributed by atoms with van der Waals surface area (Å²) in [6, 6.07) is 2.90. The molecule has 3 heterocycles. The second kappa shape index (κ2) is 16.1. The minimum atomic E-state index is -2.83. The number of carbonyl (C=O) groups is 8. The fraction of sp³-hybridized carbons (Fsp3) is 0.675. The summed E-state index contributed by atoms with van der Waals surface area (Å²) in [6.07, 6.45) is -10.6. The van der Waals surface area contributed by atoms with Crippen molar-refractivity contribution in [2.24, 2.45) is 23.2 Å². The van der Waals surface area contributed by atoms with Gasteiger partial charge in [0.05, 0.1) is 29.0 Å². The van der Waals surface area contributed by atoms with Gasteiger partial charge in [0.15, 0.2) is 30.0 Å². The first-order chi connectivity index (χ1) is 27.4. The number of rotatable bonds is 8. The van der Waals surface area contributed by atoms with Crippen LogP contribution in [0.25, 0.3) is 0 Å². The van der Waals surface area contributed by atoms with Crippen LogP contribution in [0.4, 0.5) is 0 Å². The number of ether oxygens (including phenoxy) is 9. The van der Waals surface area contributed by atoms with Gasteiger partial charge in [0.2, 0.25) is 0 Å². The van der Waals surface area contributed by atoms with Crippen molar-refractivity contribution in [3.8, 4) is 0 Å². The Morgan fingerprint density at radius 3 is 1.88 bits per heavy atom. The number of fused-ring (bicyclic) bond motifs is 5. The number of aromatic nitrogens is 1. The van der Waals surface area contributed by atoms with Crippen molar-refractivity contribution in [2.75, 3.05) is 13.2 Å².